The number of amides is 1. The van der Waals surface area contributed by atoms with Crippen LogP contribution in [0.15, 0.2) is 24.3 Å². The Morgan fingerprint density at radius 1 is 1.20 bits per heavy atom. The van der Waals surface area contributed by atoms with Crippen molar-refractivity contribution in [2.75, 3.05) is 5.32 Å². The monoisotopic (exact) mass is 390 g/mol. The van der Waals surface area contributed by atoms with Crippen LogP contribution in [0.25, 0.3) is 6.08 Å². The van der Waals surface area contributed by atoms with Crippen LogP contribution in [0, 0.1) is 11.3 Å². The lowest BCUT2D eigenvalue weighted by Crippen LogP contribution is -2.07. The molecule has 0 fully saturated rings. The molecule has 1 heterocycles. The number of benzene rings is 1. The Morgan fingerprint density at radius 2 is 1.92 bits per heavy atom. The van der Waals surface area contributed by atoms with E-state index in [2.05, 4.69) is 11.4 Å². The van der Waals surface area contributed by atoms with Crippen LogP contribution < -0.4 is 5.32 Å². The lowest BCUT2D eigenvalue weighted by molar-refractivity contribution is -0.111. The number of halogens is 2. The highest BCUT2D eigenvalue weighted by molar-refractivity contribution is 7.16. The molecule has 0 radical (unpaired) electrons. The average Bonchev–Trinajstić information content (AvgIpc) is 2.74. The van der Waals surface area contributed by atoms with E-state index >= 15 is 0 Å². The van der Waals surface area contributed by atoms with Gasteiger partial charge < -0.3 is 5.32 Å². The summed E-state index contributed by atoms with van der Waals surface area (Å²) in [7, 11) is 0. The minimum atomic E-state index is -0.302. The zero-order chi connectivity index (χ0) is 17.8. The Kier molecular flexibility index (Phi) is 5.80. The Bertz CT molecular complexity index is 860. The van der Waals surface area contributed by atoms with Gasteiger partial charge in [-0.05, 0) is 49.5 Å². The van der Waals surface area contributed by atoms with Gasteiger partial charge in [0, 0.05) is 26.6 Å². The van der Waals surface area contributed by atoms with E-state index in [0.29, 0.717) is 26.2 Å². The Labute approximate surface area is 160 Å². The number of carbonyl (C=O) groups excluding carboxylic acids is 1. The quantitative estimate of drug-likeness (QED) is 0.527. The fourth-order valence-electron chi connectivity index (χ4n) is 2.93. The Balaban J connectivity index is 1.80. The molecule has 0 spiro atoms. The summed E-state index contributed by atoms with van der Waals surface area (Å²) in [5.74, 6) is -0.302. The number of fused-ring (bicyclic) bond motifs is 1. The summed E-state index contributed by atoms with van der Waals surface area (Å²) in [6, 6.07) is 7.44. The van der Waals surface area contributed by atoms with Gasteiger partial charge in [-0.25, -0.2) is 0 Å². The average molecular weight is 391 g/mol. The van der Waals surface area contributed by atoms with Gasteiger partial charge in [-0.15, -0.1) is 11.3 Å². The second kappa shape index (κ2) is 8.05. The van der Waals surface area contributed by atoms with Crippen LogP contribution in [0.2, 0.25) is 10.0 Å². The van der Waals surface area contributed by atoms with E-state index in [1.54, 1.807) is 24.3 Å². The smallest absolute Gasteiger partial charge is 0.249 e. The third-order valence-electron chi connectivity index (χ3n) is 4.17. The number of nitrogens with zero attached hydrogens (tertiary/aromatic N) is 1. The predicted octanol–water partition coefficient (Wildman–Crippen LogP) is 5.85. The summed E-state index contributed by atoms with van der Waals surface area (Å²) in [6.07, 6.45) is 8.29. The van der Waals surface area contributed by atoms with Crippen LogP contribution in [0.5, 0.6) is 0 Å². The maximum Gasteiger partial charge on any atom is 0.249 e. The van der Waals surface area contributed by atoms with Crippen LogP contribution in [0.3, 0.4) is 0 Å². The Morgan fingerprint density at radius 3 is 2.64 bits per heavy atom. The molecule has 1 N–H and O–H groups in total. The lowest BCUT2D eigenvalue weighted by atomic mass is 10.1. The van der Waals surface area contributed by atoms with Gasteiger partial charge >= 0.3 is 0 Å². The molecule has 1 aromatic heterocycles. The molecule has 128 valence electrons. The van der Waals surface area contributed by atoms with Crippen molar-refractivity contribution in [3.8, 4) is 6.07 Å². The molecule has 0 atom stereocenters. The van der Waals surface area contributed by atoms with Crippen molar-refractivity contribution in [1.29, 1.82) is 5.26 Å². The summed E-state index contributed by atoms with van der Waals surface area (Å²) >= 11 is 13.7. The minimum absolute atomic E-state index is 0.302. The van der Waals surface area contributed by atoms with Gasteiger partial charge in [0.1, 0.15) is 11.1 Å². The summed E-state index contributed by atoms with van der Waals surface area (Å²) in [6.45, 7) is 0. The third-order valence-corrected chi connectivity index (χ3v) is 6.04. The normalized spacial score (nSPS) is 14.0. The van der Waals surface area contributed by atoms with Crippen LogP contribution in [-0.2, 0) is 17.6 Å². The second-order valence-corrected chi connectivity index (χ2v) is 7.76. The van der Waals surface area contributed by atoms with E-state index < -0.39 is 0 Å². The SMILES string of the molecule is N#Cc1c(NC(=O)C=Cc2c(Cl)cccc2Cl)sc2c1CCCCC2. The largest absolute Gasteiger partial charge is 0.313 e. The topological polar surface area (TPSA) is 52.9 Å². The van der Waals surface area contributed by atoms with Gasteiger partial charge in [0.15, 0.2) is 0 Å². The molecule has 0 aliphatic heterocycles. The first kappa shape index (κ1) is 18.0. The molecular weight excluding hydrogens is 375 g/mol. The van der Waals surface area contributed by atoms with Crippen molar-refractivity contribution in [3.05, 3.63) is 55.9 Å². The third kappa shape index (κ3) is 4.07. The van der Waals surface area contributed by atoms with E-state index in [9.17, 15) is 10.1 Å². The molecule has 3 rings (SSSR count). The number of carbonyl (C=O) groups is 1. The van der Waals surface area contributed by atoms with Gasteiger partial charge in [0.05, 0.1) is 5.56 Å². The summed E-state index contributed by atoms with van der Waals surface area (Å²) in [5.41, 5.74) is 2.32. The van der Waals surface area contributed by atoms with Gasteiger partial charge in [-0.1, -0.05) is 35.7 Å². The van der Waals surface area contributed by atoms with Crippen molar-refractivity contribution in [1.82, 2.24) is 0 Å². The fourth-order valence-corrected chi connectivity index (χ4v) is 4.70. The van der Waals surface area contributed by atoms with E-state index in [4.69, 9.17) is 23.2 Å². The van der Waals surface area contributed by atoms with Crippen molar-refractivity contribution in [3.63, 3.8) is 0 Å². The summed E-state index contributed by atoms with van der Waals surface area (Å²) in [4.78, 5) is 13.5. The zero-order valence-electron chi connectivity index (χ0n) is 13.4. The standard InChI is InChI=1S/C19H16Cl2N2OS/c20-15-6-4-7-16(21)13(15)9-10-18(24)23-19-14(11-22)12-5-2-1-3-8-17(12)25-19/h4,6-7,9-10H,1-3,5,8H2,(H,23,24). The number of thiophene rings is 1. The first-order chi connectivity index (χ1) is 12.1. The molecule has 0 bridgehead atoms. The number of anilines is 1. The highest BCUT2D eigenvalue weighted by atomic mass is 35.5. The maximum absolute atomic E-state index is 12.3. The molecule has 3 nitrogen and oxygen atoms in total. The number of nitrogens with one attached hydrogen (secondary N) is 1. The van der Waals surface area contributed by atoms with E-state index in [1.165, 1.54) is 28.7 Å². The van der Waals surface area contributed by atoms with Crippen LogP contribution in [0.4, 0.5) is 5.00 Å². The van der Waals surface area contributed by atoms with Crippen molar-refractivity contribution >= 4 is 51.5 Å². The number of rotatable bonds is 3. The predicted molar refractivity (Wildman–Crippen MR) is 104 cm³/mol. The highest BCUT2D eigenvalue weighted by Gasteiger charge is 2.20. The molecule has 0 saturated carbocycles. The van der Waals surface area contributed by atoms with Crippen LogP contribution >= 0.6 is 34.5 Å². The first-order valence-electron chi connectivity index (χ1n) is 8.08. The number of hydrogen-bond acceptors (Lipinski definition) is 3. The van der Waals surface area contributed by atoms with Crippen molar-refractivity contribution < 1.29 is 4.79 Å². The van der Waals surface area contributed by atoms with Gasteiger partial charge in [-0.2, -0.15) is 5.26 Å². The molecule has 1 amide bonds. The van der Waals surface area contributed by atoms with E-state index in [0.717, 1.165) is 31.2 Å². The molecule has 1 aliphatic carbocycles. The minimum Gasteiger partial charge on any atom is -0.313 e. The molecular formula is C19H16Cl2N2OS. The molecule has 2 aromatic rings. The number of nitriles is 1. The number of hydrogen-bond donors (Lipinski definition) is 1. The van der Waals surface area contributed by atoms with Crippen molar-refractivity contribution in [2.45, 2.75) is 32.1 Å². The van der Waals surface area contributed by atoms with Crippen LogP contribution in [-0.4, -0.2) is 5.91 Å². The van der Waals surface area contributed by atoms with E-state index in [1.807, 2.05) is 0 Å². The summed E-state index contributed by atoms with van der Waals surface area (Å²) < 4.78 is 0. The second-order valence-electron chi connectivity index (χ2n) is 5.84. The van der Waals surface area contributed by atoms with Gasteiger partial charge in [0.25, 0.3) is 0 Å². The molecule has 1 aliphatic rings. The highest BCUT2D eigenvalue weighted by Crippen LogP contribution is 2.37. The first-order valence-corrected chi connectivity index (χ1v) is 9.65. The molecule has 0 saturated heterocycles. The summed E-state index contributed by atoms with van der Waals surface area (Å²) in [5, 5.41) is 13.9. The molecule has 25 heavy (non-hydrogen) atoms. The molecule has 0 unspecified atom stereocenters. The molecule has 6 heteroatoms. The molecule has 1 aromatic carbocycles. The maximum atomic E-state index is 12.3. The van der Waals surface area contributed by atoms with Crippen molar-refractivity contribution in [2.24, 2.45) is 0 Å². The van der Waals surface area contributed by atoms with Crippen LogP contribution in [0.1, 0.15) is 40.8 Å². The van der Waals surface area contributed by atoms with E-state index in [-0.39, 0.29) is 5.91 Å². The van der Waals surface area contributed by atoms with Gasteiger partial charge in [-0.3, -0.25) is 4.79 Å². The number of aryl methyl sites for hydroxylation is 1. The fraction of sp³-hybridized carbons (Fsp3) is 0.263. The zero-order valence-corrected chi connectivity index (χ0v) is 15.8. The Hall–Kier alpha value is -1.80. The lowest BCUT2D eigenvalue weighted by Gasteiger charge is -2.02. The van der Waals surface area contributed by atoms with Gasteiger partial charge in [0.2, 0.25) is 5.91 Å².